The van der Waals surface area contributed by atoms with Crippen LogP contribution in [0.25, 0.3) is 5.57 Å². The first kappa shape index (κ1) is 22.6. The van der Waals surface area contributed by atoms with Crippen LogP contribution in [-0.2, 0) is 14.8 Å². The molecular weight excluding hydrogens is 423 g/mol. The summed E-state index contributed by atoms with van der Waals surface area (Å²) in [5, 5.41) is 2.72. The van der Waals surface area contributed by atoms with Gasteiger partial charge >= 0.3 is 0 Å². The van der Waals surface area contributed by atoms with Crippen molar-refractivity contribution in [3.63, 3.8) is 0 Å². The number of halogens is 1. The minimum Gasteiger partial charge on any atom is -0.493 e. The first-order chi connectivity index (χ1) is 14.6. The second-order valence-corrected chi connectivity index (χ2v) is 8.89. The summed E-state index contributed by atoms with van der Waals surface area (Å²) >= 11 is 0. The van der Waals surface area contributed by atoms with Crippen molar-refractivity contribution in [1.82, 2.24) is 5.32 Å². The van der Waals surface area contributed by atoms with Gasteiger partial charge in [-0.05, 0) is 50.1 Å². The number of allylic oxidation sites excluding steroid dienone is 1. The lowest BCUT2D eigenvalue weighted by Crippen LogP contribution is -2.41. The average molecular weight is 449 g/mol. The van der Waals surface area contributed by atoms with Gasteiger partial charge in [-0.25, -0.2) is 12.8 Å². The molecule has 0 unspecified atom stereocenters. The van der Waals surface area contributed by atoms with E-state index < -0.39 is 27.8 Å². The lowest BCUT2D eigenvalue weighted by atomic mass is 10.0. The smallest absolute Gasteiger partial charge is 0.270 e. The van der Waals surface area contributed by atoms with Crippen LogP contribution in [0, 0.1) is 5.82 Å². The third-order valence-electron chi connectivity index (χ3n) is 5.27. The Labute approximate surface area is 181 Å². The molecule has 166 valence electrons. The molecule has 9 heteroatoms. The molecule has 1 N–H and O–H groups in total. The molecule has 2 aromatic rings. The third-order valence-corrected chi connectivity index (χ3v) is 7.32. The van der Waals surface area contributed by atoms with Crippen molar-refractivity contribution in [2.45, 2.75) is 26.8 Å². The van der Waals surface area contributed by atoms with E-state index in [-0.39, 0.29) is 11.4 Å². The van der Waals surface area contributed by atoms with E-state index in [1.54, 1.807) is 45.0 Å². The Morgan fingerprint density at radius 2 is 1.71 bits per heavy atom. The zero-order chi connectivity index (χ0) is 22.9. The molecule has 1 amide bonds. The van der Waals surface area contributed by atoms with Gasteiger partial charge in [-0.2, -0.15) is 0 Å². The molecule has 0 aliphatic carbocycles. The fraction of sp³-hybridized carbons (Fsp3) is 0.318. The predicted molar refractivity (Wildman–Crippen MR) is 117 cm³/mol. The summed E-state index contributed by atoms with van der Waals surface area (Å²) in [5.41, 5.74) is 1.94. The second kappa shape index (κ2) is 8.58. The van der Waals surface area contributed by atoms with Gasteiger partial charge in [0.15, 0.2) is 16.4 Å². The van der Waals surface area contributed by atoms with Gasteiger partial charge in [0.2, 0.25) is 0 Å². The summed E-state index contributed by atoms with van der Waals surface area (Å²) in [5.74, 6) is -0.306. The van der Waals surface area contributed by atoms with Gasteiger partial charge in [-0.1, -0.05) is 12.1 Å². The summed E-state index contributed by atoms with van der Waals surface area (Å²) in [6.45, 7) is 5.11. The number of anilines is 1. The molecule has 1 aliphatic rings. The number of nitrogens with one attached hydrogen (secondary N) is 1. The van der Waals surface area contributed by atoms with Crippen molar-refractivity contribution < 1.29 is 27.1 Å². The molecule has 0 bridgehead atoms. The Morgan fingerprint density at radius 3 is 2.26 bits per heavy atom. The van der Waals surface area contributed by atoms with Crippen LogP contribution in [0.4, 0.5) is 10.1 Å². The number of hydrogen-bond donors (Lipinski definition) is 1. The van der Waals surface area contributed by atoms with Gasteiger partial charge in [-0.15, -0.1) is 0 Å². The van der Waals surface area contributed by atoms with Crippen LogP contribution >= 0.6 is 0 Å². The monoisotopic (exact) mass is 448 g/mol. The van der Waals surface area contributed by atoms with E-state index in [4.69, 9.17) is 9.47 Å². The van der Waals surface area contributed by atoms with Crippen LogP contribution in [0.15, 0.2) is 41.3 Å². The van der Waals surface area contributed by atoms with Gasteiger partial charge in [0.05, 0.1) is 25.9 Å². The van der Waals surface area contributed by atoms with E-state index >= 15 is 0 Å². The van der Waals surface area contributed by atoms with E-state index in [1.165, 1.54) is 30.7 Å². The quantitative estimate of drug-likeness (QED) is 0.730. The zero-order valence-electron chi connectivity index (χ0n) is 18.0. The van der Waals surface area contributed by atoms with Crippen LogP contribution in [0.5, 0.6) is 11.5 Å². The molecule has 2 aromatic carbocycles. The molecule has 0 spiro atoms. The number of carbonyl (C=O) groups is 1. The van der Waals surface area contributed by atoms with E-state index in [0.29, 0.717) is 33.9 Å². The molecule has 1 heterocycles. The van der Waals surface area contributed by atoms with Gasteiger partial charge in [0, 0.05) is 18.2 Å². The second-order valence-electron chi connectivity index (χ2n) is 7.09. The molecular formula is C22H25FN2O5S. The molecule has 7 nitrogen and oxygen atoms in total. The third kappa shape index (κ3) is 3.97. The first-order valence-electron chi connectivity index (χ1n) is 9.72. The van der Waals surface area contributed by atoms with Crippen molar-refractivity contribution in [2.75, 3.05) is 25.1 Å². The molecule has 31 heavy (non-hydrogen) atoms. The minimum atomic E-state index is -4.11. The molecule has 1 aliphatic heterocycles. The van der Waals surface area contributed by atoms with Crippen LogP contribution in [-0.4, -0.2) is 35.1 Å². The Hall–Kier alpha value is -3.07. The number of nitrogens with zero attached hydrogens (tertiary/aromatic N) is 1. The number of fused-ring (bicyclic) bond motifs is 1. The van der Waals surface area contributed by atoms with Crippen LogP contribution in [0.1, 0.15) is 37.9 Å². The number of ether oxygens (including phenoxy) is 2. The molecule has 0 fully saturated rings. The molecule has 3 rings (SSSR count). The predicted octanol–water partition coefficient (Wildman–Crippen LogP) is 3.62. The summed E-state index contributed by atoms with van der Waals surface area (Å²) in [6, 6.07) is 8.39. The fourth-order valence-electron chi connectivity index (χ4n) is 3.66. The normalized spacial score (nSPS) is 15.9. The van der Waals surface area contributed by atoms with Gasteiger partial charge in [-0.3, -0.25) is 9.10 Å². The summed E-state index contributed by atoms with van der Waals surface area (Å²) < 4.78 is 51.8. The number of sulfonamides is 1. The first-order valence-corrected chi connectivity index (χ1v) is 11.2. The number of carbonyl (C=O) groups excluding carboxylic acids is 1. The maximum Gasteiger partial charge on any atom is 0.270 e. The lowest BCUT2D eigenvalue weighted by Gasteiger charge is -2.32. The molecule has 1 atom stereocenters. The van der Waals surface area contributed by atoms with Crippen molar-refractivity contribution >= 4 is 27.2 Å². The number of benzene rings is 2. The number of hydrogen-bond acceptors (Lipinski definition) is 5. The van der Waals surface area contributed by atoms with Crippen LogP contribution < -0.4 is 19.1 Å². The summed E-state index contributed by atoms with van der Waals surface area (Å²) in [4.78, 5) is 12.8. The Balaban J connectivity index is 2.09. The maximum atomic E-state index is 13.4. The molecule has 0 saturated carbocycles. The number of amides is 1. The van der Waals surface area contributed by atoms with Crippen molar-refractivity contribution in [3.05, 3.63) is 58.2 Å². The molecule has 0 aromatic heterocycles. The van der Waals surface area contributed by atoms with Crippen molar-refractivity contribution in [1.29, 1.82) is 0 Å². The fourth-order valence-corrected chi connectivity index (χ4v) is 5.42. The number of rotatable bonds is 6. The molecule has 0 saturated heterocycles. The van der Waals surface area contributed by atoms with E-state index in [1.807, 2.05) is 0 Å². The highest BCUT2D eigenvalue weighted by molar-refractivity contribution is 7.97. The Kier molecular flexibility index (Phi) is 6.26. The topological polar surface area (TPSA) is 84.9 Å². The maximum absolute atomic E-state index is 13.4. The van der Waals surface area contributed by atoms with E-state index in [9.17, 15) is 17.6 Å². The van der Waals surface area contributed by atoms with E-state index in [0.717, 1.165) is 0 Å². The Morgan fingerprint density at radius 1 is 1.13 bits per heavy atom. The Bertz CT molecular complexity index is 1140. The van der Waals surface area contributed by atoms with Crippen LogP contribution in [0.2, 0.25) is 0 Å². The van der Waals surface area contributed by atoms with Gasteiger partial charge < -0.3 is 14.8 Å². The highest BCUT2D eigenvalue weighted by atomic mass is 32.2. The molecule has 0 radical (unpaired) electrons. The van der Waals surface area contributed by atoms with Gasteiger partial charge in [0.25, 0.3) is 15.9 Å². The highest BCUT2D eigenvalue weighted by Crippen LogP contribution is 2.44. The minimum absolute atomic E-state index is 0.127. The van der Waals surface area contributed by atoms with Crippen molar-refractivity contribution in [3.8, 4) is 11.5 Å². The van der Waals surface area contributed by atoms with Gasteiger partial charge in [0.1, 0.15) is 5.82 Å². The number of methoxy groups -OCH3 is 2. The largest absolute Gasteiger partial charge is 0.493 e. The average Bonchev–Trinajstić information content (AvgIpc) is 2.73. The lowest BCUT2D eigenvalue weighted by molar-refractivity contribution is -0.117. The SMILES string of the molecule is CCN1c2cc(OC)c(OC)cc2C(C)=C(C(=O)N[C@@H](C)c2ccc(F)cc2)S1(=O)=O. The zero-order valence-corrected chi connectivity index (χ0v) is 18.8. The van der Waals surface area contributed by atoms with Crippen molar-refractivity contribution in [2.24, 2.45) is 0 Å². The highest BCUT2D eigenvalue weighted by Gasteiger charge is 2.40. The van der Waals surface area contributed by atoms with Crippen LogP contribution in [0.3, 0.4) is 0 Å². The van der Waals surface area contributed by atoms with E-state index in [2.05, 4.69) is 5.32 Å². The summed E-state index contributed by atoms with van der Waals surface area (Å²) in [7, 11) is -1.16. The summed E-state index contributed by atoms with van der Waals surface area (Å²) in [6.07, 6.45) is 0. The standard InChI is InChI=1S/C22H25FN2O5S/c1-6-25-18-12-20(30-5)19(29-4)11-17(18)13(2)21(31(25,27)28)22(26)24-14(3)15-7-9-16(23)10-8-15/h7-12,14H,6H2,1-5H3,(H,24,26)/t14-/m0/s1.